The Morgan fingerprint density at radius 3 is 1.84 bits per heavy atom. The fourth-order valence-electron chi connectivity index (χ4n) is 4.91. The molecule has 2 heterocycles. The molecule has 2 amide bonds. The molecule has 0 aliphatic carbocycles. The second-order valence-corrected chi connectivity index (χ2v) is 8.74. The van der Waals surface area contributed by atoms with E-state index in [1.54, 1.807) is 0 Å². The van der Waals surface area contributed by atoms with E-state index < -0.39 is 0 Å². The Labute approximate surface area is 189 Å². The number of nitrogens with zero attached hydrogens (tertiary/aromatic N) is 3. The second kappa shape index (κ2) is 9.23. The lowest BCUT2D eigenvalue weighted by Crippen LogP contribution is -2.50. The van der Waals surface area contributed by atoms with E-state index in [4.69, 9.17) is 0 Å². The van der Waals surface area contributed by atoms with Gasteiger partial charge in [0, 0.05) is 55.8 Å². The number of piperazine rings is 1. The van der Waals surface area contributed by atoms with E-state index in [1.165, 1.54) is 16.9 Å². The Morgan fingerprint density at radius 2 is 1.22 bits per heavy atom. The highest BCUT2D eigenvalue weighted by atomic mass is 16.2. The molecule has 0 bridgehead atoms. The third-order valence-corrected chi connectivity index (χ3v) is 6.74. The van der Waals surface area contributed by atoms with Crippen molar-refractivity contribution >= 4 is 22.6 Å². The average molecular weight is 428 g/mol. The number of amides is 2. The molecule has 1 fully saturated rings. The van der Waals surface area contributed by atoms with Crippen molar-refractivity contribution < 1.29 is 9.59 Å². The Balaban J connectivity index is 1.13. The van der Waals surface area contributed by atoms with Gasteiger partial charge < -0.3 is 4.90 Å². The van der Waals surface area contributed by atoms with E-state index >= 15 is 0 Å². The number of imide groups is 1. The molecule has 0 saturated carbocycles. The molecule has 0 atom stereocenters. The van der Waals surface area contributed by atoms with Crippen molar-refractivity contribution in [1.29, 1.82) is 0 Å². The Hall–Kier alpha value is -3.02. The van der Waals surface area contributed by atoms with Crippen LogP contribution in [0.15, 0.2) is 66.7 Å². The second-order valence-electron chi connectivity index (χ2n) is 8.74. The van der Waals surface area contributed by atoms with Gasteiger partial charge >= 0.3 is 0 Å². The fourth-order valence-corrected chi connectivity index (χ4v) is 4.91. The van der Waals surface area contributed by atoms with E-state index in [2.05, 4.69) is 40.1 Å². The van der Waals surface area contributed by atoms with Crippen LogP contribution in [-0.4, -0.2) is 72.3 Å². The molecule has 3 aromatic rings. The van der Waals surface area contributed by atoms with Gasteiger partial charge in [0.1, 0.15) is 0 Å². The molecule has 164 valence electrons. The van der Waals surface area contributed by atoms with Crippen molar-refractivity contribution in [3.8, 4) is 0 Å². The zero-order chi connectivity index (χ0) is 21.9. The lowest BCUT2D eigenvalue weighted by Gasteiger charge is -2.36. The minimum absolute atomic E-state index is 0.168. The normalized spacial score (nSPS) is 17.3. The number of carbonyl (C=O) groups excluding carboxylic acids is 2. The first-order valence-electron chi connectivity index (χ1n) is 11.6. The third kappa shape index (κ3) is 4.18. The number of hydrogen-bond acceptors (Lipinski definition) is 4. The number of aryl methyl sites for hydroxylation is 1. The van der Waals surface area contributed by atoms with Crippen LogP contribution >= 0.6 is 0 Å². The Morgan fingerprint density at radius 1 is 0.625 bits per heavy atom. The number of carbonyl (C=O) groups is 2. The maximum Gasteiger partial charge on any atom is 0.261 e. The van der Waals surface area contributed by atoms with Crippen molar-refractivity contribution in [2.24, 2.45) is 0 Å². The molecular weight excluding hydrogens is 398 g/mol. The SMILES string of the molecule is O=C1c2cccc3cccc(c23)C(=O)N1CCN1CCN(CCCc2ccccc2)CC1. The van der Waals surface area contributed by atoms with Gasteiger partial charge in [-0.15, -0.1) is 0 Å². The highest BCUT2D eigenvalue weighted by molar-refractivity contribution is 6.25. The van der Waals surface area contributed by atoms with Gasteiger partial charge in [0.2, 0.25) is 0 Å². The highest BCUT2D eigenvalue weighted by Crippen LogP contribution is 2.29. The first kappa shape index (κ1) is 20.9. The molecule has 3 aromatic carbocycles. The summed E-state index contributed by atoms with van der Waals surface area (Å²) >= 11 is 0. The first-order chi connectivity index (χ1) is 15.7. The third-order valence-electron chi connectivity index (χ3n) is 6.74. The highest BCUT2D eigenvalue weighted by Gasteiger charge is 2.32. The standard InChI is InChI=1S/C27H29N3O2/c31-26-23-12-4-10-22-11-5-13-24(25(22)23)27(32)30(26)20-19-29-17-15-28(16-18-29)14-6-9-21-7-2-1-3-8-21/h1-5,7-8,10-13H,6,9,14-20H2. The van der Waals surface area contributed by atoms with Crippen molar-refractivity contribution in [3.05, 3.63) is 83.4 Å². The molecule has 0 unspecified atom stereocenters. The van der Waals surface area contributed by atoms with E-state index in [9.17, 15) is 9.59 Å². The molecule has 0 radical (unpaired) electrons. The summed E-state index contributed by atoms with van der Waals surface area (Å²) in [4.78, 5) is 32.4. The molecule has 1 saturated heterocycles. The lowest BCUT2D eigenvalue weighted by atomic mass is 9.94. The molecule has 2 aliphatic rings. The van der Waals surface area contributed by atoms with Crippen LogP contribution in [0, 0.1) is 0 Å². The first-order valence-corrected chi connectivity index (χ1v) is 11.6. The van der Waals surface area contributed by atoms with Crippen LogP contribution in [0.2, 0.25) is 0 Å². The molecule has 2 aliphatic heterocycles. The van der Waals surface area contributed by atoms with Gasteiger partial charge in [0.05, 0.1) is 0 Å². The number of benzene rings is 3. The summed E-state index contributed by atoms with van der Waals surface area (Å²) in [6.45, 7) is 6.33. The minimum Gasteiger partial charge on any atom is -0.301 e. The van der Waals surface area contributed by atoms with Crippen LogP contribution < -0.4 is 0 Å². The predicted molar refractivity (Wildman–Crippen MR) is 127 cm³/mol. The molecule has 0 aromatic heterocycles. The lowest BCUT2D eigenvalue weighted by molar-refractivity contribution is 0.0572. The molecule has 5 rings (SSSR count). The van der Waals surface area contributed by atoms with Gasteiger partial charge in [0.15, 0.2) is 0 Å². The van der Waals surface area contributed by atoms with E-state index in [-0.39, 0.29) is 11.8 Å². The summed E-state index contributed by atoms with van der Waals surface area (Å²) in [5.74, 6) is -0.335. The molecular formula is C27H29N3O2. The van der Waals surface area contributed by atoms with E-state index in [1.807, 2.05) is 36.4 Å². The Bertz CT molecular complexity index is 1070. The summed E-state index contributed by atoms with van der Waals surface area (Å²) in [6, 6.07) is 22.0. The summed E-state index contributed by atoms with van der Waals surface area (Å²) in [6.07, 6.45) is 2.29. The van der Waals surface area contributed by atoms with Gasteiger partial charge in [-0.25, -0.2) is 0 Å². The van der Waals surface area contributed by atoms with E-state index in [0.717, 1.165) is 56.5 Å². The average Bonchev–Trinajstić information content (AvgIpc) is 2.84. The minimum atomic E-state index is -0.168. The molecule has 5 heteroatoms. The van der Waals surface area contributed by atoms with Gasteiger partial charge in [-0.05, 0) is 42.5 Å². The van der Waals surface area contributed by atoms with Gasteiger partial charge in [-0.1, -0.05) is 54.6 Å². The maximum atomic E-state index is 13.1. The maximum absolute atomic E-state index is 13.1. The fraction of sp³-hybridized carbons (Fsp3) is 0.333. The van der Waals surface area contributed by atoms with Gasteiger partial charge in [-0.2, -0.15) is 0 Å². The topological polar surface area (TPSA) is 43.9 Å². The quantitative estimate of drug-likeness (QED) is 0.540. The van der Waals surface area contributed by atoms with Crippen LogP contribution in [0.25, 0.3) is 10.8 Å². The molecule has 5 nitrogen and oxygen atoms in total. The molecule has 0 spiro atoms. The Kier molecular flexibility index (Phi) is 6.02. The smallest absolute Gasteiger partial charge is 0.261 e. The summed E-state index contributed by atoms with van der Waals surface area (Å²) in [5.41, 5.74) is 2.68. The van der Waals surface area contributed by atoms with Crippen molar-refractivity contribution in [2.75, 3.05) is 45.8 Å². The molecule has 32 heavy (non-hydrogen) atoms. The summed E-state index contributed by atoms with van der Waals surface area (Å²) < 4.78 is 0. The van der Waals surface area contributed by atoms with Gasteiger partial charge in [-0.3, -0.25) is 19.4 Å². The van der Waals surface area contributed by atoms with Crippen LogP contribution in [-0.2, 0) is 6.42 Å². The van der Waals surface area contributed by atoms with E-state index in [0.29, 0.717) is 17.7 Å². The summed E-state index contributed by atoms with van der Waals surface area (Å²) in [5, 5.41) is 1.75. The zero-order valence-electron chi connectivity index (χ0n) is 18.4. The number of hydrogen-bond donors (Lipinski definition) is 0. The monoisotopic (exact) mass is 427 g/mol. The summed E-state index contributed by atoms with van der Waals surface area (Å²) in [7, 11) is 0. The molecule has 0 N–H and O–H groups in total. The van der Waals surface area contributed by atoms with Crippen molar-refractivity contribution in [1.82, 2.24) is 14.7 Å². The van der Waals surface area contributed by atoms with Crippen molar-refractivity contribution in [3.63, 3.8) is 0 Å². The van der Waals surface area contributed by atoms with Crippen LogP contribution in [0.1, 0.15) is 32.7 Å². The largest absolute Gasteiger partial charge is 0.301 e. The van der Waals surface area contributed by atoms with Gasteiger partial charge in [0.25, 0.3) is 11.8 Å². The van der Waals surface area contributed by atoms with Crippen LogP contribution in [0.4, 0.5) is 0 Å². The predicted octanol–water partition coefficient (Wildman–Crippen LogP) is 3.69. The number of rotatable bonds is 7. The van der Waals surface area contributed by atoms with Crippen molar-refractivity contribution in [2.45, 2.75) is 12.8 Å². The zero-order valence-corrected chi connectivity index (χ0v) is 18.4. The van der Waals surface area contributed by atoms with Crippen LogP contribution in [0.3, 0.4) is 0 Å². The van der Waals surface area contributed by atoms with Crippen LogP contribution in [0.5, 0.6) is 0 Å².